The zero-order valence-electron chi connectivity index (χ0n) is 11.3. The van der Waals surface area contributed by atoms with E-state index in [4.69, 9.17) is 0 Å². The van der Waals surface area contributed by atoms with E-state index in [2.05, 4.69) is 52.4 Å². The SMILES string of the molecule is CC(C)P1(=CC(C)(C)C)NCCCC1C. The fourth-order valence-corrected chi connectivity index (χ4v) is 7.47. The van der Waals surface area contributed by atoms with Crippen molar-refractivity contribution in [3.63, 3.8) is 0 Å². The summed E-state index contributed by atoms with van der Waals surface area (Å²) in [6.45, 7) is 15.5. The van der Waals surface area contributed by atoms with E-state index in [9.17, 15) is 0 Å². The Morgan fingerprint density at radius 2 is 1.93 bits per heavy atom. The van der Waals surface area contributed by atoms with Gasteiger partial charge < -0.3 is 0 Å². The topological polar surface area (TPSA) is 12.0 Å². The van der Waals surface area contributed by atoms with E-state index in [0.717, 1.165) is 11.3 Å². The minimum Gasteiger partial charge on any atom is -0.296 e. The third-order valence-electron chi connectivity index (χ3n) is 3.37. The van der Waals surface area contributed by atoms with Crippen molar-refractivity contribution in [3.05, 3.63) is 0 Å². The van der Waals surface area contributed by atoms with Crippen LogP contribution in [0.3, 0.4) is 0 Å². The predicted molar refractivity (Wildman–Crippen MR) is 74.3 cm³/mol. The van der Waals surface area contributed by atoms with E-state index in [0.29, 0.717) is 5.41 Å². The van der Waals surface area contributed by atoms with Crippen LogP contribution in [0, 0.1) is 5.41 Å². The first-order valence-corrected chi connectivity index (χ1v) is 8.28. The van der Waals surface area contributed by atoms with Crippen molar-refractivity contribution in [1.82, 2.24) is 5.09 Å². The Kier molecular flexibility index (Phi) is 4.12. The van der Waals surface area contributed by atoms with Crippen molar-refractivity contribution in [3.8, 4) is 0 Å². The van der Waals surface area contributed by atoms with E-state index in [1.807, 2.05) is 0 Å². The molecule has 1 aliphatic heterocycles. The molecule has 1 nitrogen and oxygen atoms in total. The minimum atomic E-state index is -1.05. The monoisotopic (exact) mass is 229 g/mol. The number of hydrogen-bond acceptors (Lipinski definition) is 1. The van der Waals surface area contributed by atoms with Crippen molar-refractivity contribution < 1.29 is 0 Å². The van der Waals surface area contributed by atoms with Crippen LogP contribution >= 0.6 is 7.04 Å². The van der Waals surface area contributed by atoms with Gasteiger partial charge in [-0.05, 0) is 43.2 Å². The standard InChI is InChI=1S/C13H28NP/c1-11(2)15(10-13(4,5)6)12(3)8-7-9-14-15/h10-12,14H,7-9H2,1-6H3. The number of nitrogens with one attached hydrogen (secondary N) is 1. The molecule has 2 heteroatoms. The Morgan fingerprint density at radius 3 is 2.33 bits per heavy atom. The largest absolute Gasteiger partial charge is 0.296 e. The summed E-state index contributed by atoms with van der Waals surface area (Å²) in [4.78, 5) is 0. The van der Waals surface area contributed by atoms with Crippen LogP contribution in [-0.2, 0) is 0 Å². The second-order valence-electron chi connectivity index (χ2n) is 6.32. The first kappa shape index (κ1) is 13.3. The minimum absolute atomic E-state index is 0.344. The van der Waals surface area contributed by atoms with Crippen LogP contribution in [-0.4, -0.2) is 23.7 Å². The van der Waals surface area contributed by atoms with Gasteiger partial charge in [0.25, 0.3) is 0 Å². The summed E-state index contributed by atoms with van der Waals surface area (Å²) >= 11 is 0. The lowest BCUT2D eigenvalue weighted by Crippen LogP contribution is -2.33. The molecule has 15 heavy (non-hydrogen) atoms. The molecule has 1 N–H and O–H groups in total. The molecule has 0 bridgehead atoms. The van der Waals surface area contributed by atoms with Gasteiger partial charge >= 0.3 is 0 Å². The highest BCUT2D eigenvalue weighted by Gasteiger charge is 2.32. The fraction of sp³-hybridized carbons (Fsp3) is 0.923. The summed E-state index contributed by atoms with van der Waals surface area (Å²) in [5.74, 6) is 2.66. The molecule has 0 aliphatic carbocycles. The normalized spacial score (nSPS) is 33.1. The van der Waals surface area contributed by atoms with Crippen molar-refractivity contribution >= 4 is 12.8 Å². The molecule has 0 radical (unpaired) electrons. The lowest BCUT2D eigenvalue weighted by Gasteiger charge is -2.43. The second-order valence-corrected chi connectivity index (χ2v) is 10.5. The quantitative estimate of drug-likeness (QED) is 0.671. The van der Waals surface area contributed by atoms with E-state index >= 15 is 0 Å². The summed E-state index contributed by atoms with van der Waals surface area (Å²) in [5.41, 5.74) is 1.99. The molecule has 0 spiro atoms. The summed E-state index contributed by atoms with van der Waals surface area (Å²) < 4.78 is 0. The van der Waals surface area contributed by atoms with Gasteiger partial charge in [-0.2, -0.15) is 0 Å². The molecule has 2 atom stereocenters. The fourth-order valence-electron chi connectivity index (χ4n) is 2.69. The first-order valence-electron chi connectivity index (χ1n) is 6.28. The van der Waals surface area contributed by atoms with Crippen LogP contribution < -0.4 is 5.09 Å². The molecule has 0 amide bonds. The maximum absolute atomic E-state index is 3.89. The second kappa shape index (κ2) is 4.63. The third kappa shape index (κ3) is 3.11. The molecule has 0 aromatic heterocycles. The van der Waals surface area contributed by atoms with Crippen LogP contribution in [0.4, 0.5) is 0 Å². The molecule has 1 aliphatic rings. The number of hydrogen-bond donors (Lipinski definition) is 1. The van der Waals surface area contributed by atoms with Crippen LogP contribution in [0.25, 0.3) is 0 Å². The summed E-state index contributed by atoms with van der Waals surface area (Å²) in [6, 6.07) is 0. The van der Waals surface area contributed by atoms with Gasteiger partial charge in [0.1, 0.15) is 0 Å². The molecule has 90 valence electrons. The first-order chi connectivity index (χ1) is 6.78. The maximum atomic E-state index is 3.89. The Hall–Kier alpha value is 0.260. The molecule has 1 saturated heterocycles. The molecule has 0 aromatic carbocycles. The van der Waals surface area contributed by atoms with E-state index in [1.54, 1.807) is 0 Å². The highest BCUT2D eigenvalue weighted by molar-refractivity contribution is 7.74. The Morgan fingerprint density at radius 1 is 1.33 bits per heavy atom. The lowest BCUT2D eigenvalue weighted by molar-refractivity contribution is 0.608. The van der Waals surface area contributed by atoms with Gasteiger partial charge in [0.15, 0.2) is 0 Å². The number of rotatable bonds is 1. The van der Waals surface area contributed by atoms with Gasteiger partial charge in [0.2, 0.25) is 0 Å². The molecule has 1 rings (SSSR count). The van der Waals surface area contributed by atoms with Gasteiger partial charge in [-0.25, -0.2) is 0 Å². The van der Waals surface area contributed by atoms with Crippen molar-refractivity contribution in [1.29, 1.82) is 0 Å². The zero-order chi connectivity index (χ0) is 11.7. The molecule has 1 fully saturated rings. The third-order valence-corrected chi connectivity index (χ3v) is 8.77. The van der Waals surface area contributed by atoms with Crippen LogP contribution in [0.5, 0.6) is 0 Å². The van der Waals surface area contributed by atoms with Crippen LogP contribution in [0.15, 0.2) is 0 Å². The Labute approximate surface area is 96.1 Å². The van der Waals surface area contributed by atoms with Gasteiger partial charge in [-0.15, -0.1) is 0 Å². The molecule has 1 heterocycles. The predicted octanol–water partition coefficient (Wildman–Crippen LogP) is 3.95. The van der Waals surface area contributed by atoms with Crippen LogP contribution in [0.1, 0.15) is 54.4 Å². The molecule has 0 saturated carbocycles. The van der Waals surface area contributed by atoms with Crippen molar-refractivity contribution in [2.24, 2.45) is 5.41 Å². The molecular weight excluding hydrogens is 201 g/mol. The van der Waals surface area contributed by atoms with Crippen LogP contribution in [0.2, 0.25) is 0 Å². The summed E-state index contributed by atoms with van der Waals surface area (Å²) in [7, 11) is -1.05. The molecule has 0 aromatic rings. The van der Waals surface area contributed by atoms with Gasteiger partial charge in [0.05, 0.1) is 0 Å². The summed E-state index contributed by atoms with van der Waals surface area (Å²) in [5, 5.41) is 3.89. The highest BCUT2D eigenvalue weighted by atomic mass is 31.2. The molecular formula is C13H28NP. The Balaban J connectivity index is 3.12. The van der Waals surface area contributed by atoms with Gasteiger partial charge in [-0.1, -0.05) is 47.3 Å². The summed E-state index contributed by atoms with van der Waals surface area (Å²) in [6.07, 6.45) is 2.76. The maximum Gasteiger partial charge on any atom is -0.00102 e. The molecule has 2 unspecified atom stereocenters. The van der Waals surface area contributed by atoms with Crippen molar-refractivity contribution in [2.75, 3.05) is 6.54 Å². The van der Waals surface area contributed by atoms with E-state index in [-0.39, 0.29) is 0 Å². The smallest absolute Gasteiger partial charge is 0.00102 e. The average molecular weight is 229 g/mol. The lowest BCUT2D eigenvalue weighted by atomic mass is 10.0. The van der Waals surface area contributed by atoms with E-state index < -0.39 is 7.04 Å². The zero-order valence-corrected chi connectivity index (χ0v) is 12.2. The van der Waals surface area contributed by atoms with Gasteiger partial charge in [-0.3, -0.25) is 5.09 Å². The highest BCUT2D eigenvalue weighted by Crippen LogP contribution is 2.56. The van der Waals surface area contributed by atoms with Crippen molar-refractivity contribution in [2.45, 2.75) is 65.7 Å². The average Bonchev–Trinajstić information content (AvgIpc) is 2.06. The Bertz CT molecular complexity index is 260. The van der Waals surface area contributed by atoms with E-state index in [1.165, 1.54) is 19.4 Å². The van der Waals surface area contributed by atoms with Gasteiger partial charge in [0, 0.05) is 0 Å².